The maximum atomic E-state index is 12.4. The second-order valence-electron chi connectivity index (χ2n) is 5.98. The third-order valence-electron chi connectivity index (χ3n) is 4.17. The number of aromatic nitrogens is 3. The van der Waals surface area contributed by atoms with Crippen LogP contribution in [-0.4, -0.2) is 69.4 Å². The Bertz CT molecular complexity index is 697. The van der Waals surface area contributed by atoms with Gasteiger partial charge in [-0.1, -0.05) is 30.3 Å². The molecule has 1 amide bonds. The first-order chi connectivity index (χ1) is 12.2. The van der Waals surface area contributed by atoms with E-state index >= 15 is 0 Å². The molecule has 1 saturated heterocycles. The molecule has 0 unspecified atom stereocenters. The van der Waals surface area contributed by atoms with Crippen molar-refractivity contribution in [3.8, 4) is 11.4 Å². The zero-order valence-electron chi connectivity index (χ0n) is 14.2. The van der Waals surface area contributed by atoms with Gasteiger partial charge in [-0.2, -0.15) is 0 Å². The summed E-state index contributed by atoms with van der Waals surface area (Å²) in [5, 5.41) is 8.36. The Hall–Kier alpha value is -1.57. The second-order valence-corrected chi connectivity index (χ2v) is 7.36. The molecule has 0 atom stereocenters. The van der Waals surface area contributed by atoms with Gasteiger partial charge in [0, 0.05) is 36.8 Å². The number of nitrogens with one attached hydrogen (secondary N) is 1. The number of carbonyl (C=O) groups excluding carboxylic acids is 1. The maximum absolute atomic E-state index is 12.4. The summed E-state index contributed by atoms with van der Waals surface area (Å²) in [5.74, 6) is 1.20. The molecule has 1 aliphatic rings. The van der Waals surface area contributed by atoms with E-state index in [2.05, 4.69) is 27.0 Å². The lowest BCUT2D eigenvalue weighted by molar-refractivity contribution is -0.130. The number of hydrogen-bond donors (Lipinski definition) is 1. The summed E-state index contributed by atoms with van der Waals surface area (Å²) in [6.45, 7) is 6.84. The average molecular weight is 380 g/mol. The van der Waals surface area contributed by atoms with Gasteiger partial charge in [-0.3, -0.25) is 14.8 Å². The van der Waals surface area contributed by atoms with Gasteiger partial charge in [0.15, 0.2) is 5.82 Å². The minimum absolute atomic E-state index is 0.152. The monoisotopic (exact) mass is 379 g/mol. The van der Waals surface area contributed by atoms with Crippen molar-refractivity contribution in [2.45, 2.75) is 18.5 Å². The van der Waals surface area contributed by atoms with Gasteiger partial charge in [0.25, 0.3) is 0 Å². The summed E-state index contributed by atoms with van der Waals surface area (Å²) in [5.41, 5.74) is 0.919. The first kappa shape index (κ1) is 18.2. The third kappa shape index (κ3) is 4.96. The summed E-state index contributed by atoms with van der Waals surface area (Å²) in [6, 6.07) is 7.40. The first-order valence-corrected chi connectivity index (χ1v) is 9.83. The fourth-order valence-corrected chi connectivity index (χ4v) is 3.63. The average Bonchev–Trinajstić information content (AvgIpc) is 3.10. The molecule has 6 nitrogen and oxygen atoms in total. The third-order valence-corrected chi connectivity index (χ3v) is 5.26. The highest BCUT2D eigenvalue weighted by Gasteiger charge is 2.21. The number of piperazine rings is 1. The number of halogens is 1. The molecule has 8 heteroatoms. The molecular weight excluding hydrogens is 358 g/mol. The first-order valence-electron chi connectivity index (χ1n) is 8.47. The van der Waals surface area contributed by atoms with E-state index in [1.54, 1.807) is 0 Å². The van der Waals surface area contributed by atoms with Gasteiger partial charge in [-0.05, 0) is 37.2 Å². The molecule has 0 radical (unpaired) electrons. The van der Waals surface area contributed by atoms with Crippen LogP contribution >= 0.6 is 23.4 Å². The molecule has 25 heavy (non-hydrogen) atoms. The topological polar surface area (TPSA) is 65.1 Å². The SMILES string of the molecule is CCCN1CCN(C(=O)CSc2n[nH]c(-c3ccc(Cl)cc3)n2)CC1. The molecule has 134 valence electrons. The Balaban J connectivity index is 1.49. The van der Waals surface area contributed by atoms with Crippen molar-refractivity contribution in [2.24, 2.45) is 0 Å². The van der Waals surface area contributed by atoms with Crippen molar-refractivity contribution in [1.82, 2.24) is 25.0 Å². The van der Waals surface area contributed by atoms with E-state index < -0.39 is 0 Å². The Morgan fingerprint density at radius 1 is 1.24 bits per heavy atom. The van der Waals surface area contributed by atoms with Gasteiger partial charge in [-0.25, -0.2) is 4.98 Å². The summed E-state index contributed by atoms with van der Waals surface area (Å²) in [6.07, 6.45) is 1.16. The van der Waals surface area contributed by atoms with E-state index in [4.69, 9.17) is 11.6 Å². The highest BCUT2D eigenvalue weighted by atomic mass is 35.5. The standard InChI is InChI=1S/C17H22ClN5OS/c1-2-7-22-8-10-23(11-9-22)15(24)12-25-17-19-16(20-21-17)13-3-5-14(18)6-4-13/h3-6H,2,7-12H2,1H3,(H,19,20,21). The quantitative estimate of drug-likeness (QED) is 0.782. The molecule has 1 aromatic heterocycles. The molecule has 1 aromatic carbocycles. The molecular formula is C17H22ClN5OS. The number of thioether (sulfide) groups is 1. The van der Waals surface area contributed by atoms with Crippen LogP contribution in [0.25, 0.3) is 11.4 Å². The van der Waals surface area contributed by atoms with Crippen LogP contribution in [0.15, 0.2) is 29.4 Å². The molecule has 0 bridgehead atoms. The number of aromatic amines is 1. The molecule has 0 spiro atoms. The Morgan fingerprint density at radius 2 is 1.96 bits per heavy atom. The number of hydrogen-bond acceptors (Lipinski definition) is 5. The zero-order chi connectivity index (χ0) is 17.6. The molecule has 1 N–H and O–H groups in total. The molecule has 0 aliphatic carbocycles. The minimum atomic E-state index is 0.152. The van der Waals surface area contributed by atoms with E-state index in [1.165, 1.54) is 11.8 Å². The molecule has 0 saturated carbocycles. The van der Waals surface area contributed by atoms with Crippen LogP contribution in [0, 0.1) is 0 Å². The van der Waals surface area contributed by atoms with Crippen LogP contribution in [0.4, 0.5) is 0 Å². The lowest BCUT2D eigenvalue weighted by Crippen LogP contribution is -2.49. The van der Waals surface area contributed by atoms with E-state index in [0.717, 1.165) is 44.7 Å². The van der Waals surface area contributed by atoms with Gasteiger partial charge in [0.2, 0.25) is 11.1 Å². The van der Waals surface area contributed by atoms with E-state index in [0.29, 0.717) is 21.8 Å². The van der Waals surface area contributed by atoms with Gasteiger partial charge in [0.1, 0.15) is 0 Å². The van der Waals surface area contributed by atoms with E-state index in [-0.39, 0.29) is 5.91 Å². The van der Waals surface area contributed by atoms with Crippen molar-refractivity contribution >= 4 is 29.3 Å². The Kier molecular flexibility index (Phi) is 6.34. The van der Waals surface area contributed by atoms with Crippen LogP contribution in [0.5, 0.6) is 0 Å². The molecule has 1 aliphatic heterocycles. The largest absolute Gasteiger partial charge is 0.339 e. The number of H-pyrrole nitrogens is 1. The smallest absolute Gasteiger partial charge is 0.233 e. The van der Waals surface area contributed by atoms with Crippen LogP contribution in [0.3, 0.4) is 0 Å². The molecule has 2 aromatic rings. The highest BCUT2D eigenvalue weighted by Crippen LogP contribution is 2.21. The predicted octanol–water partition coefficient (Wildman–Crippen LogP) is 2.77. The van der Waals surface area contributed by atoms with Crippen molar-refractivity contribution in [1.29, 1.82) is 0 Å². The summed E-state index contributed by atoms with van der Waals surface area (Å²) < 4.78 is 0. The zero-order valence-corrected chi connectivity index (χ0v) is 15.8. The number of carbonyl (C=O) groups is 1. The fourth-order valence-electron chi connectivity index (χ4n) is 2.80. The number of rotatable bonds is 6. The van der Waals surface area contributed by atoms with E-state index in [1.807, 2.05) is 29.2 Å². The number of nitrogens with zero attached hydrogens (tertiary/aromatic N) is 4. The Morgan fingerprint density at radius 3 is 2.64 bits per heavy atom. The van der Waals surface area contributed by atoms with Gasteiger partial charge in [-0.15, -0.1) is 5.10 Å². The summed E-state index contributed by atoms with van der Waals surface area (Å²) in [7, 11) is 0. The summed E-state index contributed by atoms with van der Waals surface area (Å²) in [4.78, 5) is 21.1. The van der Waals surface area contributed by atoms with Crippen LogP contribution in [0.2, 0.25) is 5.02 Å². The van der Waals surface area contributed by atoms with Crippen LogP contribution in [0.1, 0.15) is 13.3 Å². The molecule has 1 fully saturated rings. The predicted molar refractivity (Wildman–Crippen MR) is 101 cm³/mol. The highest BCUT2D eigenvalue weighted by molar-refractivity contribution is 7.99. The van der Waals surface area contributed by atoms with Gasteiger partial charge < -0.3 is 4.90 Å². The lowest BCUT2D eigenvalue weighted by atomic mass is 10.2. The van der Waals surface area contributed by atoms with Crippen molar-refractivity contribution in [3.05, 3.63) is 29.3 Å². The fraction of sp³-hybridized carbons (Fsp3) is 0.471. The van der Waals surface area contributed by atoms with Gasteiger partial charge in [0.05, 0.1) is 5.75 Å². The Labute approximate surface area is 156 Å². The van der Waals surface area contributed by atoms with Gasteiger partial charge >= 0.3 is 0 Å². The second kappa shape index (κ2) is 8.69. The number of amides is 1. The summed E-state index contributed by atoms with van der Waals surface area (Å²) >= 11 is 7.26. The van der Waals surface area contributed by atoms with Crippen LogP contribution in [-0.2, 0) is 4.79 Å². The van der Waals surface area contributed by atoms with Crippen molar-refractivity contribution in [3.63, 3.8) is 0 Å². The van der Waals surface area contributed by atoms with Crippen molar-refractivity contribution in [2.75, 3.05) is 38.5 Å². The minimum Gasteiger partial charge on any atom is -0.339 e. The number of benzene rings is 1. The van der Waals surface area contributed by atoms with Crippen molar-refractivity contribution < 1.29 is 4.79 Å². The lowest BCUT2D eigenvalue weighted by Gasteiger charge is -2.34. The normalized spacial score (nSPS) is 15.5. The molecule has 3 rings (SSSR count). The van der Waals surface area contributed by atoms with Crippen LogP contribution < -0.4 is 0 Å². The molecule has 2 heterocycles. The maximum Gasteiger partial charge on any atom is 0.233 e. The van der Waals surface area contributed by atoms with E-state index in [9.17, 15) is 4.79 Å².